The van der Waals surface area contributed by atoms with Crippen molar-refractivity contribution in [2.45, 2.75) is 17.9 Å². The van der Waals surface area contributed by atoms with Crippen LogP contribution in [0.1, 0.15) is 18.5 Å². The van der Waals surface area contributed by atoms with Crippen LogP contribution >= 0.6 is 11.6 Å². The van der Waals surface area contributed by atoms with Crippen molar-refractivity contribution in [3.8, 4) is 0 Å². The number of carbonyl (C=O) groups excluding carboxylic acids is 1. The number of nitrogens with zero attached hydrogens (tertiary/aromatic N) is 3. The van der Waals surface area contributed by atoms with Crippen LogP contribution < -0.4 is 5.32 Å². The summed E-state index contributed by atoms with van der Waals surface area (Å²) in [6, 6.07) is 9.93. The van der Waals surface area contributed by atoms with Crippen molar-refractivity contribution < 1.29 is 13.2 Å². The average Bonchev–Trinajstić information content (AvgIpc) is 2.73. The number of amides is 1. The van der Waals surface area contributed by atoms with E-state index in [1.165, 1.54) is 16.4 Å². The van der Waals surface area contributed by atoms with Crippen LogP contribution in [0.5, 0.6) is 0 Å². The highest BCUT2D eigenvalue weighted by Gasteiger charge is 2.30. The van der Waals surface area contributed by atoms with E-state index >= 15 is 0 Å². The van der Waals surface area contributed by atoms with E-state index in [0.717, 1.165) is 5.56 Å². The molecule has 1 atom stereocenters. The number of piperazine rings is 1. The van der Waals surface area contributed by atoms with Crippen molar-refractivity contribution in [3.05, 3.63) is 59.4 Å². The number of hydrogen-bond acceptors (Lipinski definition) is 5. The average molecular weight is 423 g/mol. The summed E-state index contributed by atoms with van der Waals surface area (Å²) in [6.07, 6.45) is 3.47. The molecule has 1 N–H and O–H groups in total. The number of sulfonamides is 1. The van der Waals surface area contributed by atoms with Gasteiger partial charge < -0.3 is 10.2 Å². The number of carbonyl (C=O) groups is 1. The number of halogens is 1. The number of benzene rings is 1. The lowest BCUT2D eigenvalue weighted by atomic mass is 10.1. The third kappa shape index (κ3) is 4.88. The van der Waals surface area contributed by atoms with Crippen LogP contribution in [0.15, 0.2) is 53.7 Å². The predicted molar refractivity (Wildman–Crippen MR) is 107 cm³/mol. The van der Waals surface area contributed by atoms with E-state index in [9.17, 15) is 13.2 Å². The molecule has 1 unspecified atom stereocenters. The van der Waals surface area contributed by atoms with Crippen LogP contribution in [0.25, 0.3) is 0 Å². The van der Waals surface area contributed by atoms with Gasteiger partial charge in [-0.05, 0) is 42.8 Å². The zero-order valence-electron chi connectivity index (χ0n) is 15.6. The fourth-order valence-corrected chi connectivity index (χ4v) is 4.58. The van der Waals surface area contributed by atoms with Crippen molar-refractivity contribution in [3.63, 3.8) is 0 Å². The normalized spacial score (nSPS) is 16.7. The highest BCUT2D eigenvalue weighted by atomic mass is 35.5. The molecule has 0 aliphatic carbocycles. The second-order valence-electron chi connectivity index (χ2n) is 6.63. The minimum Gasteiger partial charge on any atom is -0.339 e. The minimum absolute atomic E-state index is 0.00391. The molecule has 9 heteroatoms. The SMILES string of the molecule is CC(NCC(=O)N1CCN(S(=O)(=O)c2ccc(Cl)cc2)CC1)c1cccnc1. The van der Waals surface area contributed by atoms with Gasteiger partial charge in [0, 0.05) is 49.6 Å². The van der Waals surface area contributed by atoms with Crippen molar-refractivity contribution in [1.82, 2.24) is 19.5 Å². The molecule has 2 aromatic rings. The summed E-state index contributed by atoms with van der Waals surface area (Å²) in [5.41, 5.74) is 1.01. The molecule has 150 valence electrons. The van der Waals surface area contributed by atoms with Crippen molar-refractivity contribution in [2.75, 3.05) is 32.7 Å². The van der Waals surface area contributed by atoms with Gasteiger partial charge in [-0.2, -0.15) is 4.31 Å². The summed E-state index contributed by atoms with van der Waals surface area (Å²) >= 11 is 5.83. The highest BCUT2D eigenvalue weighted by Crippen LogP contribution is 2.20. The molecule has 0 spiro atoms. The molecule has 1 aromatic carbocycles. The Labute approximate surface area is 170 Å². The standard InChI is InChI=1S/C19H23ClN4O3S/c1-15(16-3-2-8-21-13-16)22-14-19(25)23-9-11-24(12-10-23)28(26,27)18-6-4-17(20)5-7-18/h2-8,13,15,22H,9-12,14H2,1H3. The lowest BCUT2D eigenvalue weighted by molar-refractivity contribution is -0.131. The van der Waals surface area contributed by atoms with Crippen molar-refractivity contribution in [1.29, 1.82) is 0 Å². The fraction of sp³-hybridized carbons (Fsp3) is 0.368. The van der Waals surface area contributed by atoms with Gasteiger partial charge in [-0.3, -0.25) is 9.78 Å². The molecule has 3 rings (SSSR count). The molecular formula is C19H23ClN4O3S. The van der Waals surface area contributed by atoms with Gasteiger partial charge >= 0.3 is 0 Å². The van der Waals surface area contributed by atoms with E-state index in [4.69, 9.17) is 11.6 Å². The van der Waals surface area contributed by atoms with Gasteiger partial charge in [-0.25, -0.2) is 8.42 Å². The Balaban J connectivity index is 1.52. The lowest BCUT2D eigenvalue weighted by Crippen LogP contribution is -2.52. The quantitative estimate of drug-likeness (QED) is 0.769. The minimum atomic E-state index is -3.58. The Morgan fingerprint density at radius 3 is 2.46 bits per heavy atom. The monoisotopic (exact) mass is 422 g/mol. The van der Waals surface area contributed by atoms with Crippen LogP contribution in [0, 0.1) is 0 Å². The van der Waals surface area contributed by atoms with Crippen LogP contribution in [-0.4, -0.2) is 61.2 Å². The molecule has 1 amide bonds. The summed E-state index contributed by atoms with van der Waals surface area (Å²) < 4.78 is 26.8. The summed E-state index contributed by atoms with van der Waals surface area (Å²) in [5, 5.41) is 3.68. The van der Waals surface area contributed by atoms with Gasteiger partial charge in [0.1, 0.15) is 0 Å². The lowest BCUT2D eigenvalue weighted by Gasteiger charge is -2.34. The molecule has 0 saturated carbocycles. The maximum Gasteiger partial charge on any atom is 0.243 e. The largest absolute Gasteiger partial charge is 0.339 e. The molecule has 0 radical (unpaired) electrons. The van der Waals surface area contributed by atoms with Crippen LogP contribution in [0.4, 0.5) is 0 Å². The molecule has 1 aromatic heterocycles. The van der Waals surface area contributed by atoms with E-state index in [1.54, 1.807) is 29.4 Å². The van der Waals surface area contributed by atoms with Crippen LogP contribution in [0.2, 0.25) is 5.02 Å². The Morgan fingerprint density at radius 2 is 1.86 bits per heavy atom. The van der Waals surface area contributed by atoms with Crippen LogP contribution in [-0.2, 0) is 14.8 Å². The molecule has 0 bridgehead atoms. The van der Waals surface area contributed by atoms with E-state index < -0.39 is 10.0 Å². The van der Waals surface area contributed by atoms with E-state index in [1.807, 2.05) is 19.1 Å². The zero-order chi connectivity index (χ0) is 20.1. The molecular weight excluding hydrogens is 400 g/mol. The molecule has 2 heterocycles. The number of nitrogens with one attached hydrogen (secondary N) is 1. The Hall–Kier alpha value is -2.00. The molecule has 1 fully saturated rings. The topological polar surface area (TPSA) is 82.6 Å². The maximum absolute atomic E-state index is 12.7. The number of pyridine rings is 1. The Kier molecular flexibility index (Phi) is 6.66. The first-order valence-electron chi connectivity index (χ1n) is 9.05. The summed E-state index contributed by atoms with van der Waals surface area (Å²) in [4.78, 5) is 18.4. The van der Waals surface area contributed by atoms with Crippen molar-refractivity contribution in [2.24, 2.45) is 0 Å². The van der Waals surface area contributed by atoms with Gasteiger partial charge in [0.05, 0.1) is 11.4 Å². The molecule has 1 aliphatic heterocycles. The van der Waals surface area contributed by atoms with E-state index in [2.05, 4.69) is 10.3 Å². The van der Waals surface area contributed by atoms with E-state index in [0.29, 0.717) is 18.1 Å². The smallest absolute Gasteiger partial charge is 0.243 e. The van der Waals surface area contributed by atoms with Gasteiger partial charge in [-0.1, -0.05) is 17.7 Å². The Morgan fingerprint density at radius 1 is 1.18 bits per heavy atom. The van der Waals surface area contributed by atoms with E-state index in [-0.39, 0.29) is 36.5 Å². The fourth-order valence-electron chi connectivity index (χ4n) is 3.04. The molecule has 7 nitrogen and oxygen atoms in total. The van der Waals surface area contributed by atoms with Gasteiger partial charge in [0.2, 0.25) is 15.9 Å². The summed E-state index contributed by atoms with van der Waals surface area (Å²) in [6.45, 7) is 3.45. The van der Waals surface area contributed by atoms with Crippen LogP contribution in [0.3, 0.4) is 0 Å². The third-order valence-electron chi connectivity index (χ3n) is 4.79. The highest BCUT2D eigenvalue weighted by molar-refractivity contribution is 7.89. The molecule has 28 heavy (non-hydrogen) atoms. The maximum atomic E-state index is 12.7. The second-order valence-corrected chi connectivity index (χ2v) is 9.00. The predicted octanol–water partition coefficient (Wildman–Crippen LogP) is 1.92. The van der Waals surface area contributed by atoms with Gasteiger partial charge in [0.15, 0.2) is 0 Å². The first-order chi connectivity index (χ1) is 13.4. The molecule has 1 saturated heterocycles. The number of aromatic nitrogens is 1. The second kappa shape index (κ2) is 9.00. The summed E-state index contributed by atoms with van der Waals surface area (Å²) in [5.74, 6) is -0.0423. The zero-order valence-corrected chi connectivity index (χ0v) is 17.2. The van der Waals surface area contributed by atoms with Crippen molar-refractivity contribution >= 4 is 27.5 Å². The van der Waals surface area contributed by atoms with Gasteiger partial charge in [0.25, 0.3) is 0 Å². The third-order valence-corrected chi connectivity index (χ3v) is 6.95. The molecule has 1 aliphatic rings. The van der Waals surface area contributed by atoms with Gasteiger partial charge in [-0.15, -0.1) is 0 Å². The summed E-state index contributed by atoms with van der Waals surface area (Å²) in [7, 11) is -3.58. The number of rotatable bonds is 6. The first kappa shape index (κ1) is 20.7. The Bertz CT molecular complexity index is 899. The number of hydrogen-bond donors (Lipinski definition) is 1. The first-order valence-corrected chi connectivity index (χ1v) is 10.9.